The van der Waals surface area contributed by atoms with Gasteiger partial charge in [0.15, 0.2) is 0 Å². The number of amides is 2. The Morgan fingerprint density at radius 2 is 1.75 bits per heavy atom. The molecule has 1 aliphatic heterocycles. The minimum Gasteiger partial charge on any atom is -0.456 e. The first-order valence-electron chi connectivity index (χ1n) is 18.7. The summed E-state index contributed by atoms with van der Waals surface area (Å²) in [5.41, 5.74) is 2.97. The van der Waals surface area contributed by atoms with Crippen molar-refractivity contribution in [2.45, 2.75) is 70.5 Å². The number of unbranched alkanes of at least 4 members (excludes halogenated alkanes) is 1. The van der Waals surface area contributed by atoms with E-state index in [0.29, 0.717) is 35.0 Å². The third-order valence-corrected chi connectivity index (χ3v) is 10.2. The monoisotopic (exact) mass is 754 g/mol. The number of rotatable bonds is 16. The molecule has 1 fully saturated rings. The Labute approximate surface area is 319 Å². The number of aryl methyl sites for hydroxylation is 1. The smallest absolute Gasteiger partial charge is 0.407 e. The summed E-state index contributed by atoms with van der Waals surface area (Å²) < 4.78 is 15.7. The zero-order valence-electron chi connectivity index (χ0n) is 32.0. The largest absolute Gasteiger partial charge is 0.456 e. The molecule has 0 radical (unpaired) electrons. The predicted octanol–water partition coefficient (Wildman–Crippen LogP) is 5.47. The van der Waals surface area contributed by atoms with Crippen LogP contribution >= 0.6 is 0 Å². The summed E-state index contributed by atoms with van der Waals surface area (Å²) in [5, 5.41) is 9.87. The number of hydrogen-bond acceptors (Lipinski definition) is 11. The molecule has 55 heavy (non-hydrogen) atoms. The summed E-state index contributed by atoms with van der Waals surface area (Å²) in [4.78, 5) is 67.4. The van der Waals surface area contributed by atoms with Gasteiger partial charge in [0.25, 0.3) is 0 Å². The second-order valence-electron chi connectivity index (χ2n) is 14.7. The van der Waals surface area contributed by atoms with Crippen LogP contribution in [0.15, 0.2) is 58.0 Å². The molecule has 15 heteroatoms. The Hall–Kier alpha value is -5.54. The number of hydrogen-bond donors (Lipinski definition) is 5. The Morgan fingerprint density at radius 3 is 2.51 bits per heavy atom. The van der Waals surface area contributed by atoms with E-state index in [2.05, 4.69) is 54.6 Å². The molecule has 4 heterocycles. The number of H-pyrrole nitrogens is 2. The maximum atomic E-state index is 13.8. The number of carbonyl (C=O) groups excluding carboxylic acids is 3. The van der Waals surface area contributed by atoms with Crippen molar-refractivity contribution in [2.75, 3.05) is 40.4 Å². The van der Waals surface area contributed by atoms with E-state index in [1.807, 2.05) is 24.3 Å². The Kier molecular flexibility index (Phi) is 12.3. The second kappa shape index (κ2) is 17.3. The van der Waals surface area contributed by atoms with Gasteiger partial charge in [0.2, 0.25) is 5.43 Å². The minimum absolute atomic E-state index is 0.00677. The lowest BCUT2D eigenvalue weighted by atomic mass is 10.0. The number of nitrogens with one attached hydrogen (secondary N) is 5. The first-order valence-corrected chi connectivity index (χ1v) is 18.7. The van der Waals surface area contributed by atoms with E-state index in [9.17, 15) is 19.2 Å². The lowest BCUT2D eigenvalue weighted by Gasteiger charge is -2.32. The quantitative estimate of drug-likeness (QED) is 0.0487. The van der Waals surface area contributed by atoms with Gasteiger partial charge in [-0.15, -0.1) is 0 Å². The van der Waals surface area contributed by atoms with Gasteiger partial charge in [0.05, 0.1) is 54.8 Å². The van der Waals surface area contributed by atoms with Crippen molar-refractivity contribution in [3.63, 3.8) is 0 Å². The molecule has 2 aromatic carbocycles. The standard InChI is InChI=1S/C40H50N8O7/c1-24(2)29(46-38(51)53-4)19-41-15-7-6-10-35-42-20-30(44-35)26-11-13-27-34(18-26)55-33-14-12-25(17-28(33)36(27)50)31-21-43-37(45-31)32-9-8-16-48(32)22-40(3,23-49)47-39(52)54-5/h11-14,17-18,20-21,23-24,29,32,41H,6-10,15-16,19,22H2,1-5H3,(H,42,44)(H,43,45)(H,46,51)(H,47,52). The van der Waals surface area contributed by atoms with Crippen LogP contribution in [0.2, 0.25) is 0 Å². The van der Waals surface area contributed by atoms with Crippen LogP contribution in [0.4, 0.5) is 9.59 Å². The van der Waals surface area contributed by atoms with E-state index in [1.165, 1.54) is 14.2 Å². The first kappa shape index (κ1) is 39.2. The number of carbonyl (C=O) groups is 3. The number of aldehydes is 1. The molecule has 292 valence electrons. The Morgan fingerprint density at radius 1 is 1.00 bits per heavy atom. The van der Waals surface area contributed by atoms with Crippen molar-refractivity contribution >= 4 is 40.4 Å². The van der Waals surface area contributed by atoms with Crippen LogP contribution in [-0.4, -0.2) is 95.3 Å². The van der Waals surface area contributed by atoms with Gasteiger partial charge in [0.1, 0.15) is 34.6 Å². The Bertz CT molecular complexity index is 2190. The maximum absolute atomic E-state index is 13.8. The van der Waals surface area contributed by atoms with Crippen LogP contribution in [0.3, 0.4) is 0 Å². The van der Waals surface area contributed by atoms with Crippen LogP contribution in [0.1, 0.15) is 64.1 Å². The summed E-state index contributed by atoms with van der Waals surface area (Å²) in [5.74, 6) is 1.91. The summed E-state index contributed by atoms with van der Waals surface area (Å²) in [6, 6.07) is 11.0. The van der Waals surface area contributed by atoms with Crippen molar-refractivity contribution in [3.8, 4) is 22.5 Å². The zero-order valence-corrected chi connectivity index (χ0v) is 32.0. The topological polar surface area (TPSA) is 197 Å². The van der Waals surface area contributed by atoms with Crippen LogP contribution in [0, 0.1) is 5.92 Å². The summed E-state index contributed by atoms with van der Waals surface area (Å²) >= 11 is 0. The number of benzene rings is 2. The highest BCUT2D eigenvalue weighted by atomic mass is 16.5. The van der Waals surface area contributed by atoms with Crippen LogP contribution in [0.25, 0.3) is 44.5 Å². The normalized spacial score (nSPS) is 16.3. The lowest BCUT2D eigenvalue weighted by molar-refractivity contribution is -0.113. The van der Waals surface area contributed by atoms with Gasteiger partial charge in [-0.25, -0.2) is 19.6 Å². The van der Waals surface area contributed by atoms with E-state index < -0.39 is 17.7 Å². The van der Waals surface area contributed by atoms with Gasteiger partial charge in [-0.3, -0.25) is 9.69 Å². The average molecular weight is 755 g/mol. The van der Waals surface area contributed by atoms with E-state index in [-0.39, 0.29) is 23.4 Å². The van der Waals surface area contributed by atoms with E-state index in [1.54, 1.807) is 31.5 Å². The number of imidazole rings is 2. The van der Waals surface area contributed by atoms with Crippen LogP contribution < -0.4 is 21.4 Å². The van der Waals surface area contributed by atoms with Crippen LogP contribution in [0.5, 0.6) is 0 Å². The second-order valence-corrected chi connectivity index (χ2v) is 14.7. The average Bonchev–Trinajstić information content (AvgIpc) is 3.97. The van der Waals surface area contributed by atoms with E-state index in [0.717, 1.165) is 85.6 Å². The zero-order chi connectivity index (χ0) is 39.1. The summed E-state index contributed by atoms with van der Waals surface area (Å²) in [7, 11) is 2.63. The van der Waals surface area contributed by atoms with Crippen molar-refractivity contribution in [1.82, 2.24) is 40.8 Å². The molecule has 0 saturated carbocycles. The van der Waals surface area contributed by atoms with Gasteiger partial charge in [-0.1, -0.05) is 19.9 Å². The Balaban J connectivity index is 1.09. The predicted molar refractivity (Wildman–Crippen MR) is 209 cm³/mol. The number of aromatic amines is 2. The fourth-order valence-electron chi connectivity index (χ4n) is 7.08. The molecule has 0 aliphatic carbocycles. The molecule has 3 unspecified atom stereocenters. The molecule has 2 amide bonds. The van der Waals surface area contributed by atoms with Crippen LogP contribution in [-0.2, 0) is 20.7 Å². The molecule has 1 saturated heterocycles. The fraction of sp³-hybridized carbons (Fsp3) is 0.450. The van der Waals surface area contributed by atoms with Gasteiger partial charge in [-0.05, 0) is 81.9 Å². The molecule has 3 atom stereocenters. The molecular weight excluding hydrogens is 704 g/mol. The lowest BCUT2D eigenvalue weighted by Crippen LogP contribution is -2.54. The van der Waals surface area contributed by atoms with E-state index in [4.69, 9.17) is 13.9 Å². The van der Waals surface area contributed by atoms with Gasteiger partial charge in [-0.2, -0.15) is 0 Å². The molecular formula is C40H50N8O7. The fourth-order valence-corrected chi connectivity index (χ4v) is 7.08. The number of alkyl carbamates (subject to hydrolysis) is 2. The molecule has 5 aromatic rings. The highest BCUT2D eigenvalue weighted by Gasteiger charge is 2.36. The van der Waals surface area contributed by atoms with Gasteiger partial charge in [0, 0.05) is 36.7 Å². The molecule has 5 N–H and O–H groups in total. The van der Waals surface area contributed by atoms with Gasteiger partial charge < -0.3 is 44.6 Å². The maximum Gasteiger partial charge on any atom is 0.407 e. The molecule has 0 bridgehead atoms. The van der Waals surface area contributed by atoms with Crippen molar-refractivity contribution in [3.05, 3.63) is 70.7 Å². The highest BCUT2D eigenvalue weighted by Crippen LogP contribution is 2.33. The number of likely N-dealkylation sites (tertiary alicyclic amines) is 1. The molecule has 0 spiro atoms. The third-order valence-electron chi connectivity index (χ3n) is 10.2. The number of ether oxygens (including phenoxy) is 2. The first-order chi connectivity index (χ1) is 26.5. The van der Waals surface area contributed by atoms with Crippen molar-refractivity contribution in [1.29, 1.82) is 0 Å². The van der Waals surface area contributed by atoms with E-state index >= 15 is 0 Å². The number of nitrogens with zero attached hydrogens (tertiary/aromatic N) is 3. The molecule has 3 aromatic heterocycles. The number of fused-ring (bicyclic) bond motifs is 2. The number of methoxy groups -OCH3 is 2. The van der Waals surface area contributed by atoms with Crippen molar-refractivity contribution < 1.29 is 28.3 Å². The molecule has 15 nitrogen and oxygen atoms in total. The molecule has 1 aliphatic rings. The summed E-state index contributed by atoms with van der Waals surface area (Å²) in [6.45, 7) is 8.34. The molecule has 6 rings (SSSR count). The third kappa shape index (κ3) is 9.23. The minimum atomic E-state index is -1.12. The highest BCUT2D eigenvalue weighted by molar-refractivity contribution is 5.93. The van der Waals surface area contributed by atoms with Crippen molar-refractivity contribution in [2.24, 2.45) is 5.92 Å². The number of aromatic nitrogens is 4. The SMILES string of the molecule is COC(=O)NC(CNCCCCc1ncc(-c2ccc3c(=O)c4cc(-c5cnc(C6CCCN6CC(C)(C=O)NC(=O)OC)[nH]5)ccc4oc3c2)[nH]1)C(C)C. The van der Waals surface area contributed by atoms with Gasteiger partial charge >= 0.3 is 12.2 Å². The summed E-state index contributed by atoms with van der Waals surface area (Å²) in [6.07, 6.45) is 7.63.